The highest BCUT2D eigenvalue weighted by molar-refractivity contribution is 7.90. The molecule has 1 aromatic carbocycles. The third-order valence-corrected chi connectivity index (χ3v) is 4.56. The van der Waals surface area contributed by atoms with Crippen LogP contribution in [-0.4, -0.2) is 25.0 Å². The maximum absolute atomic E-state index is 12.9. The van der Waals surface area contributed by atoms with E-state index in [1.54, 1.807) is 24.6 Å². The molecule has 0 saturated heterocycles. The second-order valence-electron chi connectivity index (χ2n) is 5.36. The monoisotopic (exact) mass is 349 g/mol. The van der Waals surface area contributed by atoms with Crippen LogP contribution in [0.2, 0.25) is 0 Å². The number of benzene rings is 1. The zero-order chi connectivity index (χ0) is 17.5. The Morgan fingerprint density at radius 2 is 1.87 bits per heavy atom. The number of hydrogen-bond donors (Lipinski definition) is 2. The van der Waals surface area contributed by atoms with Crippen molar-refractivity contribution in [3.8, 4) is 0 Å². The summed E-state index contributed by atoms with van der Waals surface area (Å²) in [4.78, 5) is 11.1. The third kappa shape index (κ3) is 3.41. The van der Waals surface area contributed by atoms with Gasteiger partial charge >= 0.3 is 12.2 Å². The van der Waals surface area contributed by atoms with Crippen LogP contribution in [0, 0.1) is 0 Å². The van der Waals surface area contributed by atoms with E-state index in [1.807, 2.05) is 0 Å². The molecule has 0 fully saturated rings. The van der Waals surface area contributed by atoms with Crippen molar-refractivity contribution in [1.82, 2.24) is 15.2 Å². The number of halogens is 3. The van der Waals surface area contributed by atoms with E-state index in [9.17, 15) is 26.4 Å². The molecular weight excluding hydrogens is 335 g/mol. The Bertz CT molecular complexity index is 757. The first-order chi connectivity index (χ1) is 10.5. The predicted molar refractivity (Wildman–Crippen MR) is 75.4 cm³/mol. The summed E-state index contributed by atoms with van der Waals surface area (Å²) < 4.78 is 64.8. The Labute approximate surface area is 131 Å². The number of nitrogens with zero attached hydrogens (tertiary/aromatic N) is 1. The van der Waals surface area contributed by atoms with Gasteiger partial charge in [0.1, 0.15) is 0 Å². The maximum atomic E-state index is 12.9. The molecule has 1 heterocycles. The van der Waals surface area contributed by atoms with Crippen molar-refractivity contribution in [3.63, 3.8) is 0 Å². The second kappa shape index (κ2) is 5.44. The second-order valence-corrected chi connectivity index (χ2v) is 7.01. The number of hydrogen-bond acceptors (Lipinski definition) is 4. The van der Waals surface area contributed by atoms with Gasteiger partial charge < -0.3 is 5.43 Å². The minimum Gasteiger partial charge on any atom is -0.301 e. The van der Waals surface area contributed by atoms with Gasteiger partial charge in [-0.25, -0.2) is 22.9 Å². The fourth-order valence-corrected chi connectivity index (χ4v) is 3.19. The van der Waals surface area contributed by atoms with Crippen LogP contribution in [0.5, 0.6) is 0 Å². The number of amides is 2. The van der Waals surface area contributed by atoms with E-state index in [-0.39, 0.29) is 0 Å². The lowest BCUT2D eigenvalue weighted by molar-refractivity contribution is -0.139. The summed E-state index contributed by atoms with van der Waals surface area (Å²) in [6.07, 6.45) is -1.83. The van der Waals surface area contributed by atoms with E-state index >= 15 is 0 Å². The van der Waals surface area contributed by atoms with Crippen LogP contribution < -0.4 is 10.1 Å². The molecule has 2 amide bonds. The molecule has 1 aliphatic heterocycles. The fourth-order valence-electron chi connectivity index (χ4n) is 2.03. The summed E-state index contributed by atoms with van der Waals surface area (Å²) >= 11 is 0. The van der Waals surface area contributed by atoms with Crippen molar-refractivity contribution in [2.75, 3.05) is 0 Å². The van der Waals surface area contributed by atoms with E-state index in [4.69, 9.17) is 0 Å². The maximum Gasteiger partial charge on any atom is 0.417 e. The Morgan fingerprint density at radius 1 is 1.26 bits per heavy atom. The summed E-state index contributed by atoms with van der Waals surface area (Å²) in [6, 6.07) is 2.56. The van der Waals surface area contributed by atoms with Crippen molar-refractivity contribution in [2.24, 2.45) is 0 Å². The summed E-state index contributed by atoms with van der Waals surface area (Å²) in [5.74, 6) is 0. The topological polar surface area (TPSA) is 78.5 Å². The molecule has 0 aromatic heterocycles. The average molecular weight is 349 g/mol. The van der Waals surface area contributed by atoms with Crippen LogP contribution in [0.15, 0.2) is 41.4 Å². The minimum atomic E-state index is -4.86. The molecule has 10 heteroatoms. The lowest BCUT2D eigenvalue weighted by Crippen LogP contribution is -2.54. The summed E-state index contributed by atoms with van der Waals surface area (Å²) in [5.41, 5.74) is 0.349. The van der Waals surface area contributed by atoms with Gasteiger partial charge in [0.05, 0.1) is 16.0 Å². The number of rotatable bonds is 2. The highest BCUT2D eigenvalue weighted by Gasteiger charge is 2.39. The summed E-state index contributed by atoms with van der Waals surface area (Å²) in [5, 5.41) is 0.959. The van der Waals surface area contributed by atoms with Crippen LogP contribution in [0.25, 0.3) is 0 Å². The summed E-state index contributed by atoms with van der Waals surface area (Å²) in [6.45, 7) is 3.25. The third-order valence-electron chi connectivity index (χ3n) is 3.18. The van der Waals surface area contributed by atoms with Crippen LogP contribution in [0.4, 0.5) is 18.0 Å². The standard InChI is InChI=1S/C13H14F3N3O3S/c1-12(2)7-8-17-19(12)11(20)18-23(21,22)10-6-4-3-5-9(10)13(14,15)16/h3-8,17H,1-2H3,(H,18,20). The van der Waals surface area contributed by atoms with Crippen LogP contribution in [0.3, 0.4) is 0 Å². The van der Waals surface area contributed by atoms with Gasteiger partial charge in [-0.15, -0.1) is 0 Å². The Morgan fingerprint density at radius 3 is 2.39 bits per heavy atom. The minimum absolute atomic E-state index is 0.638. The highest BCUT2D eigenvalue weighted by Crippen LogP contribution is 2.34. The van der Waals surface area contributed by atoms with Gasteiger partial charge in [-0.2, -0.15) is 13.2 Å². The molecule has 0 unspecified atom stereocenters. The van der Waals surface area contributed by atoms with Crippen LogP contribution >= 0.6 is 0 Å². The van der Waals surface area contributed by atoms with E-state index < -0.39 is 38.2 Å². The smallest absolute Gasteiger partial charge is 0.301 e. The Balaban J connectivity index is 2.33. The van der Waals surface area contributed by atoms with Gasteiger partial charge in [-0.3, -0.25) is 0 Å². The lowest BCUT2D eigenvalue weighted by atomic mass is 10.1. The molecule has 0 saturated carbocycles. The molecule has 2 N–H and O–H groups in total. The van der Waals surface area contributed by atoms with E-state index in [0.717, 1.165) is 23.2 Å². The largest absolute Gasteiger partial charge is 0.417 e. The molecule has 2 rings (SSSR count). The number of sulfonamides is 1. The number of carbonyl (C=O) groups is 1. The van der Waals surface area contributed by atoms with Crippen molar-refractivity contribution in [3.05, 3.63) is 42.1 Å². The first-order valence-corrected chi connectivity index (χ1v) is 7.90. The van der Waals surface area contributed by atoms with Gasteiger partial charge in [0.15, 0.2) is 0 Å². The Hall–Kier alpha value is -2.23. The molecule has 0 spiro atoms. The molecule has 126 valence electrons. The lowest BCUT2D eigenvalue weighted by Gasteiger charge is -2.30. The highest BCUT2D eigenvalue weighted by atomic mass is 32.2. The fraction of sp³-hybridized carbons (Fsp3) is 0.308. The first-order valence-electron chi connectivity index (χ1n) is 6.42. The van der Waals surface area contributed by atoms with Crippen LogP contribution in [0.1, 0.15) is 19.4 Å². The molecule has 0 atom stereocenters. The number of carbonyl (C=O) groups excluding carboxylic acids is 1. The number of urea groups is 1. The van der Waals surface area contributed by atoms with Gasteiger partial charge in [0.25, 0.3) is 10.0 Å². The van der Waals surface area contributed by atoms with Gasteiger partial charge in [-0.05, 0) is 32.1 Å². The normalized spacial score (nSPS) is 17.0. The molecule has 0 aliphatic carbocycles. The average Bonchev–Trinajstić information content (AvgIpc) is 2.77. The predicted octanol–water partition coefficient (Wildman–Crippen LogP) is 2.22. The van der Waals surface area contributed by atoms with E-state index in [2.05, 4.69) is 5.43 Å². The molecule has 6 nitrogen and oxygen atoms in total. The van der Waals surface area contributed by atoms with Crippen LogP contribution in [-0.2, 0) is 16.2 Å². The Kier molecular flexibility index (Phi) is 4.05. The van der Waals surface area contributed by atoms with E-state index in [1.165, 1.54) is 6.20 Å². The summed E-state index contributed by atoms with van der Waals surface area (Å²) in [7, 11) is -4.69. The number of hydrazine groups is 1. The van der Waals surface area contributed by atoms with Crippen molar-refractivity contribution in [2.45, 2.75) is 30.5 Å². The first kappa shape index (κ1) is 17.1. The molecule has 0 radical (unpaired) electrons. The van der Waals surface area contributed by atoms with Gasteiger partial charge in [0.2, 0.25) is 0 Å². The molecule has 0 bridgehead atoms. The van der Waals surface area contributed by atoms with Crippen molar-refractivity contribution < 1.29 is 26.4 Å². The van der Waals surface area contributed by atoms with Gasteiger partial charge in [0, 0.05) is 6.20 Å². The number of alkyl halides is 3. The molecular formula is C13H14F3N3O3S. The molecule has 1 aromatic rings. The van der Waals surface area contributed by atoms with Gasteiger partial charge in [-0.1, -0.05) is 12.1 Å². The molecule has 1 aliphatic rings. The molecule has 23 heavy (non-hydrogen) atoms. The SMILES string of the molecule is CC1(C)C=CNN1C(=O)NS(=O)(=O)c1ccccc1C(F)(F)F. The zero-order valence-electron chi connectivity index (χ0n) is 12.2. The van der Waals surface area contributed by atoms with E-state index in [0.29, 0.717) is 6.07 Å². The van der Waals surface area contributed by atoms with Crippen molar-refractivity contribution in [1.29, 1.82) is 0 Å². The van der Waals surface area contributed by atoms with Crippen molar-refractivity contribution >= 4 is 16.1 Å². The number of nitrogens with one attached hydrogen (secondary N) is 2. The zero-order valence-corrected chi connectivity index (χ0v) is 13.0. The quantitative estimate of drug-likeness (QED) is 0.858.